The lowest BCUT2D eigenvalue weighted by molar-refractivity contribution is 0.0695. The average molecular weight is 425 g/mol. The van der Waals surface area contributed by atoms with Crippen molar-refractivity contribution in [2.45, 2.75) is 10.1 Å². The van der Waals surface area contributed by atoms with Gasteiger partial charge in [-0.3, -0.25) is 0 Å². The summed E-state index contributed by atoms with van der Waals surface area (Å²) in [5, 5.41) is 21.2. The first-order valence-electron chi connectivity index (χ1n) is 8.53. The van der Waals surface area contributed by atoms with Crippen LogP contribution in [0.1, 0.15) is 16.1 Å². The van der Waals surface area contributed by atoms with E-state index in [9.17, 15) is 4.79 Å². The Kier molecular flexibility index (Phi) is 5.78. The number of rotatable bonds is 8. The Labute approximate surface area is 174 Å². The lowest BCUT2D eigenvalue weighted by Crippen LogP contribution is -1.97. The number of aromatic nitrogens is 2. The van der Waals surface area contributed by atoms with Gasteiger partial charge in [-0.2, -0.15) is 0 Å². The number of benzene rings is 2. The van der Waals surface area contributed by atoms with Gasteiger partial charge in [0, 0.05) is 5.69 Å². The van der Waals surface area contributed by atoms with Crippen molar-refractivity contribution in [3.05, 3.63) is 78.3 Å². The maximum atomic E-state index is 11.1. The molecular formula is C20H15N3O4S2. The van der Waals surface area contributed by atoms with Gasteiger partial charge >= 0.3 is 5.97 Å². The van der Waals surface area contributed by atoms with Crippen molar-refractivity contribution in [2.75, 3.05) is 5.32 Å². The molecule has 2 heterocycles. The molecule has 4 rings (SSSR count). The van der Waals surface area contributed by atoms with Crippen LogP contribution < -0.4 is 10.1 Å². The van der Waals surface area contributed by atoms with Crippen molar-refractivity contribution in [3.8, 4) is 11.5 Å². The highest BCUT2D eigenvalue weighted by molar-refractivity contribution is 8.00. The molecule has 0 aliphatic rings. The van der Waals surface area contributed by atoms with Crippen molar-refractivity contribution in [1.29, 1.82) is 0 Å². The third kappa shape index (κ3) is 4.95. The molecule has 0 saturated carbocycles. The molecule has 2 aromatic carbocycles. The quantitative estimate of drug-likeness (QED) is 0.349. The van der Waals surface area contributed by atoms with Crippen molar-refractivity contribution in [2.24, 2.45) is 0 Å². The Morgan fingerprint density at radius 1 is 1.07 bits per heavy atom. The number of carbonyl (C=O) groups is 1. The summed E-state index contributed by atoms with van der Waals surface area (Å²) in [6, 6.07) is 18.6. The number of ether oxygens (including phenoxy) is 1. The van der Waals surface area contributed by atoms with Gasteiger partial charge in [0.15, 0.2) is 4.34 Å². The molecule has 4 aromatic rings. The monoisotopic (exact) mass is 425 g/mol. The van der Waals surface area contributed by atoms with E-state index in [1.54, 1.807) is 0 Å². The van der Waals surface area contributed by atoms with Crippen LogP contribution in [0.3, 0.4) is 0 Å². The fourth-order valence-corrected chi connectivity index (χ4v) is 4.17. The van der Waals surface area contributed by atoms with Crippen LogP contribution in [0, 0.1) is 0 Å². The number of hydrogen-bond donors (Lipinski definition) is 2. The molecule has 0 saturated heterocycles. The van der Waals surface area contributed by atoms with E-state index in [4.69, 9.17) is 14.3 Å². The van der Waals surface area contributed by atoms with E-state index < -0.39 is 5.97 Å². The van der Waals surface area contributed by atoms with Crippen LogP contribution in [-0.2, 0) is 5.75 Å². The molecule has 29 heavy (non-hydrogen) atoms. The number of nitrogens with zero attached hydrogens (tertiary/aromatic N) is 2. The van der Waals surface area contributed by atoms with Gasteiger partial charge in [-0.1, -0.05) is 41.3 Å². The second kappa shape index (κ2) is 8.80. The summed E-state index contributed by atoms with van der Waals surface area (Å²) in [5.74, 6) is 1.29. The summed E-state index contributed by atoms with van der Waals surface area (Å²) in [6.45, 7) is 0. The number of furan rings is 1. The minimum atomic E-state index is -1.01. The highest BCUT2D eigenvalue weighted by Gasteiger charge is 2.14. The number of thioether (sulfide) groups is 1. The lowest BCUT2D eigenvalue weighted by Gasteiger charge is -2.06. The molecule has 7 nitrogen and oxygen atoms in total. The molecule has 0 atom stereocenters. The molecule has 0 amide bonds. The molecule has 0 fully saturated rings. The molecule has 2 aromatic heterocycles. The van der Waals surface area contributed by atoms with Gasteiger partial charge in [0.1, 0.15) is 22.8 Å². The van der Waals surface area contributed by atoms with Gasteiger partial charge in [-0.15, -0.1) is 10.2 Å². The van der Waals surface area contributed by atoms with Gasteiger partial charge in [0.05, 0.1) is 12.0 Å². The number of carboxylic acid groups (broad SMARTS) is 1. The molecule has 0 aliphatic carbocycles. The van der Waals surface area contributed by atoms with E-state index in [0.29, 0.717) is 21.0 Å². The van der Waals surface area contributed by atoms with Crippen molar-refractivity contribution >= 4 is 39.9 Å². The van der Waals surface area contributed by atoms with Gasteiger partial charge in [-0.05, 0) is 42.5 Å². The van der Waals surface area contributed by atoms with E-state index in [0.717, 1.165) is 17.2 Å². The molecule has 146 valence electrons. The van der Waals surface area contributed by atoms with Crippen LogP contribution in [0.15, 0.2) is 75.7 Å². The van der Waals surface area contributed by atoms with Crippen molar-refractivity contribution < 1.29 is 19.1 Å². The number of carboxylic acids is 1. The van der Waals surface area contributed by atoms with Crippen LogP contribution >= 0.6 is 23.1 Å². The fourth-order valence-electron chi connectivity index (χ4n) is 2.44. The topological polar surface area (TPSA) is 97.5 Å². The number of aromatic carboxylic acids is 1. The first-order valence-corrected chi connectivity index (χ1v) is 10.3. The van der Waals surface area contributed by atoms with Crippen molar-refractivity contribution in [1.82, 2.24) is 10.2 Å². The molecule has 2 N–H and O–H groups in total. The van der Waals surface area contributed by atoms with Crippen LogP contribution in [0.25, 0.3) is 0 Å². The van der Waals surface area contributed by atoms with Gasteiger partial charge in [0.25, 0.3) is 0 Å². The average Bonchev–Trinajstić information content (AvgIpc) is 3.38. The minimum Gasteiger partial charge on any atom is -0.478 e. The van der Waals surface area contributed by atoms with Gasteiger partial charge < -0.3 is 19.6 Å². The van der Waals surface area contributed by atoms with Crippen molar-refractivity contribution in [3.63, 3.8) is 0 Å². The Morgan fingerprint density at radius 3 is 2.59 bits per heavy atom. The first-order chi connectivity index (χ1) is 14.2. The Bertz CT molecular complexity index is 1090. The summed E-state index contributed by atoms with van der Waals surface area (Å²) >= 11 is 2.75. The number of anilines is 2. The van der Waals surface area contributed by atoms with Gasteiger partial charge in [-0.25, -0.2) is 4.79 Å². The number of para-hydroxylation sites is 1. The lowest BCUT2D eigenvalue weighted by atomic mass is 10.3. The molecule has 0 aliphatic heterocycles. The van der Waals surface area contributed by atoms with E-state index in [1.165, 1.54) is 35.4 Å². The van der Waals surface area contributed by atoms with E-state index >= 15 is 0 Å². The summed E-state index contributed by atoms with van der Waals surface area (Å²) in [4.78, 5) is 11.1. The first kappa shape index (κ1) is 19.0. The van der Waals surface area contributed by atoms with E-state index in [-0.39, 0.29) is 5.56 Å². The second-order valence-electron chi connectivity index (χ2n) is 5.79. The minimum absolute atomic E-state index is 0.165. The number of nitrogens with one attached hydrogen (secondary N) is 1. The standard InChI is InChI=1S/C20H15N3O4S2/c24-18(25)16-10-11-26-17(16)12-28-20-23-22-19(29-20)21-13-6-8-15(9-7-13)27-14-4-2-1-3-5-14/h1-11H,12H2,(H,21,22)(H,24,25). The van der Waals surface area contributed by atoms with E-state index in [1.807, 2.05) is 54.6 Å². The smallest absolute Gasteiger partial charge is 0.339 e. The third-order valence-corrected chi connectivity index (χ3v) is 5.77. The predicted octanol–water partition coefficient (Wildman–Crippen LogP) is 5.66. The van der Waals surface area contributed by atoms with Gasteiger partial charge in [0.2, 0.25) is 5.13 Å². The molecular weight excluding hydrogens is 410 g/mol. The maximum Gasteiger partial charge on any atom is 0.339 e. The summed E-state index contributed by atoms with van der Waals surface area (Å²) in [5.41, 5.74) is 1.02. The van der Waals surface area contributed by atoms with Crippen LogP contribution in [-0.4, -0.2) is 21.3 Å². The largest absolute Gasteiger partial charge is 0.478 e. The molecule has 0 unspecified atom stereocenters. The Hall–Kier alpha value is -3.30. The summed E-state index contributed by atoms with van der Waals surface area (Å²) < 4.78 is 11.7. The summed E-state index contributed by atoms with van der Waals surface area (Å²) in [7, 11) is 0. The van der Waals surface area contributed by atoms with E-state index in [2.05, 4.69) is 15.5 Å². The predicted molar refractivity (Wildman–Crippen MR) is 111 cm³/mol. The molecule has 0 spiro atoms. The Morgan fingerprint density at radius 2 is 1.83 bits per heavy atom. The maximum absolute atomic E-state index is 11.1. The summed E-state index contributed by atoms with van der Waals surface area (Å²) in [6.07, 6.45) is 1.37. The highest BCUT2D eigenvalue weighted by Crippen LogP contribution is 2.31. The normalized spacial score (nSPS) is 10.6. The third-order valence-electron chi connectivity index (χ3n) is 3.79. The zero-order chi connectivity index (χ0) is 20.1. The van der Waals surface area contributed by atoms with Crippen LogP contribution in [0.4, 0.5) is 10.8 Å². The second-order valence-corrected chi connectivity index (χ2v) is 7.99. The molecule has 0 radical (unpaired) electrons. The Balaban J connectivity index is 1.34. The molecule has 9 heteroatoms. The number of hydrogen-bond acceptors (Lipinski definition) is 8. The van der Waals surface area contributed by atoms with Crippen LogP contribution in [0.5, 0.6) is 11.5 Å². The molecule has 0 bridgehead atoms. The zero-order valence-electron chi connectivity index (χ0n) is 14.9. The fraction of sp³-hybridized carbons (Fsp3) is 0.0500. The van der Waals surface area contributed by atoms with Crippen LogP contribution in [0.2, 0.25) is 0 Å². The SMILES string of the molecule is O=C(O)c1ccoc1CSc1nnc(Nc2ccc(Oc3ccccc3)cc2)s1. The highest BCUT2D eigenvalue weighted by atomic mass is 32.2. The zero-order valence-corrected chi connectivity index (χ0v) is 16.6.